The van der Waals surface area contributed by atoms with E-state index in [4.69, 9.17) is 11.6 Å². The van der Waals surface area contributed by atoms with Gasteiger partial charge in [0.1, 0.15) is 5.82 Å². The minimum Gasteiger partial charge on any atom is -0.207 e. The first-order chi connectivity index (χ1) is 9.76. The van der Waals surface area contributed by atoms with E-state index in [1.54, 1.807) is 11.8 Å². The lowest BCUT2D eigenvalue weighted by Crippen LogP contribution is -2.34. The zero-order chi connectivity index (χ0) is 15.7. The van der Waals surface area contributed by atoms with E-state index >= 15 is 0 Å². The fraction of sp³-hybridized carbons (Fsp3) is 0.571. The van der Waals surface area contributed by atoms with Gasteiger partial charge in [-0.2, -0.15) is 16.1 Å². The number of thioether (sulfide) groups is 1. The highest BCUT2D eigenvalue weighted by molar-refractivity contribution is 8.00. The van der Waals surface area contributed by atoms with Gasteiger partial charge in [0.15, 0.2) is 0 Å². The van der Waals surface area contributed by atoms with Crippen molar-refractivity contribution in [3.05, 3.63) is 29.6 Å². The molecule has 1 heterocycles. The van der Waals surface area contributed by atoms with E-state index < -0.39 is 15.8 Å². The predicted molar refractivity (Wildman–Crippen MR) is 85.9 cm³/mol. The highest BCUT2D eigenvalue weighted by atomic mass is 35.5. The molecule has 0 aliphatic carbocycles. The van der Waals surface area contributed by atoms with Gasteiger partial charge in [0.25, 0.3) is 0 Å². The molecule has 0 bridgehead atoms. The summed E-state index contributed by atoms with van der Waals surface area (Å²) >= 11 is 7.56. The van der Waals surface area contributed by atoms with Gasteiger partial charge in [-0.25, -0.2) is 12.8 Å². The standard InChI is InChI=1S/C14H19ClFNO2S2/c1-14(2)5-6-17(7-8-20-14)21(18,19)13-9-12(16)4-3-11(13)10-15/h3-4,9H,5-8,10H2,1-2H3. The monoisotopic (exact) mass is 351 g/mol. The van der Waals surface area contributed by atoms with Gasteiger partial charge in [0.05, 0.1) is 4.90 Å². The molecule has 0 N–H and O–H groups in total. The van der Waals surface area contributed by atoms with E-state index in [1.165, 1.54) is 16.4 Å². The smallest absolute Gasteiger partial charge is 0.207 e. The van der Waals surface area contributed by atoms with E-state index in [9.17, 15) is 12.8 Å². The maximum atomic E-state index is 13.5. The van der Waals surface area contributed by atoms with Crippen LogP contribution in [0.5, 0.6) is 0 Å². The number of sulfonamides is 1. The molecule has 1 aliphatic rings. The Hall–Kier alpha value is -0.300. The van der Waals surface area contributed by atoms with Gasteiger partial charge in [-0.05, 0) is 24.1 Å². The quantitative estimate of drug-likeness (QED) is 0.782. The molecule has 1 aromatic carbocycles. The average Bonchev–Trinajstić information content (AvgIpc) is 2.60. The lowest BCUT2D eigenvalue weighted by atomic mass is 10.1. The summed E-state index contributed by atoms with van der Waals surface area (Å²) in [6.07, 6.45) is 0.766. The molecule has 3 nitrogen and oxygen atoms in total. The van der Waals surface area contributed by atoms with Crippen molar-refractivity contribution >= 4 is 33.4 Å². The summed E-state index contributed by atoms with van der Waals surface area (Å²) in [5, 5.41) is 0. The molecule has 1 aromatic rings. The second-order valence-corrected chi connectivity index (χ2v) is 9.62. The number of hydrogen-bond donors (Lipinski definition) is 0. The third-order valence-corrected chi connectivity index (χ3v) is 7.23. The third kappa shape index (κ3) is 3.92. The van der Waals surface area contributed by atoms with Crippen LogP contribution in [0.15, 0.2) is 23.1 Å². The molecule has 7 heteroatoms. The minimum absolute atomic E-state index is 0.0118. The number of alkyl halides is 1. The van der Waals surface area contributed by atoms with Gasteiger partial charge < -0.3 is 0 Å². The fourth-order valence-corrected chi connectivity index (χ4v) is 5.46. The van der Waals surface area contributed by atoms with E-state index in [0.29, 0.717) is 18.7 Å². The van der Waals surface area contributed by atoms with Crippen LogP contribution in [0, 0.1) is 5.82 Å². The number of benzene rings is 1. The van der Waals surface area contributed by atoms with Gasteiger partial charge >= 0.3 is 0 Å². The largest absolute Gasteiger partial charge is 0.243 e. The molecule has 21 heavy (non-hydrogen) atoms. The number of hydrogen-bond acceptors (Lipinski definition) is 3. The van der Waals surface area contributed by atoms with Crippen molar-refractivity contribution in [1.29, 1.82) is 0 Å². The van der Waals surface area contributed by atoms with Crippen LogP contribution in [0.4, 0.5) is 4.39 Å². The molecule has 0 unspecified atom stereocenters. The number of nitrogens with zero attached hydrogens (tertiary/aromatic N) is 1. The molecule has 0 spiro atoms. The van der Waals surface area contributed by atoms with Crippen LogP contribution in [-0.2, 0) is 15.9 Å². The lowest BCUT2D eigenvalue weighted by molar-refractivity contribution is 0.414. The Bertz CT molecular complexity index is 619. The predicted octanol–water partition coefficient (Wildman–Crippen LogP) is 3.47. The van der Waals surface area contributed by atoms with Crippen LogP contribution in [-0.4, -0.2) is 36.3 Å². The van der Waals surface area contributed by atoms with E-state index in [-0.39, 0.29) is 15.5 Å². The summed E-state index contributed by atoms with van der Waals surface area (Å²) < 4.78 is 40.5. The zero-order valence-corrected chi connectivity index (χ0v) is 14.5. The Morgan fingerprint density at radius 3 is 2.76 bits per heavy atom. The minimum atomic E-state index is -3.71. The molecule has 1 saturated heterocycles. The summed E-state index contributed by atoms with van der Waals surface area (Å²) in [5.74, 6) is 0.215. The van der Waals surface area contributed by atoms with Gasteiger partial charge in [0.2, 0.25) is 10.0 Å². The first kappa shape index (κ1) is 17.1. The SMILES string of the molecule is CC1(C)CCN(S(=O)(=O)c2cc(F)ccc2CCl)CCS1. The molecule has 2 rings (SSSR count). The molecule has 0 radical (unpaired) electrons. The second kappa shape index (κ2) is 6.44. The van der Waals surface area contributed by atoms with Crippen molar-refractivity contribution in [2.45, 2.75) is 35.8 Å². The van der Waals surface area contributed by atoms with Crippen molar-refractivity contribution < 1.29 is 12.8 Å². The molecular formula is C14H19ClFNO2S2. The molecular weight excluding hydrogens is 333 g/mol. The maximum Gasteiger partial charge on any atom is 0.243 e. The summed E-state index contributed by atoms with van der Waals surface area (Å²) in [6.45, 7) is 5.11. The van der Waals surface area contributed by atoms with Crippen molar-refractivity contribution in [3.8, 4) is 0 Å². The molecule has 118 valence electrons. The lowest BCUT2D eigenvalue weighted by Gasteiger charge is -2.23. The Morgan fingerprint density at radius 1 is 1.38 bits per heavy atom. The molecule has 0 atom stereocenters. The first-order valence-electron chi connectivity index (χ1n) is 6.75. The second-order valence-electron chi connectivity index (χ2n) is 5.65. The highest BCUT2D eigenvalue weighted by Gasteiger charge is 2.32. The van der Waals surface area contributed by atoms with Crippen LogP contribution >= 0.6 is 23.4 Å². The van der Waals surface area contributed by atoms with E-state index in [0.717, 1.165) is 18.2 Å². The van der Waals surface area contributed by atoms with Gasteiger partial charge in [-0.15, -0.1) is 11.6 Å². The van der Waals surface area contributed by atoms with Crippen LogP contribution in [0.2, 0.25) is 0 Å². The third-order valence-electron chi connectivity index (χ3n) is 3.59. The summed E-state index contributed by atoms with van der Waals surface area (Å²) in [6, 6.07) is 3.74. The highest BCUT2D eigenvalue weighted by Crippen LogP contribution is 2.33. The Kier molecular flexibility index (Phi) is 5.23. The van der Waals surface area contributed by atoms with Crippen LogP contribution in [0.25, 0.3) is 0 Å². The average molecular weight is 352 g/mol. The van der Waals surface area contributed by atoms with Crippen molar-refractivity contribution in [1.82, 2.24) is 4.31 Å². The Morgan fingerprint density at radius 2 is 2.10 bits per heavy atom. The summed E-state index contributed by atoms with van der Waals surface area (Å²) in [7, 11) is -3.71. The fourth-order valence-electron chi connectivity index (χ4n) is 2.26. The maximum absolute atomic E-state index is 13.5. The molecule has 0 amide bonds. The summed E-state index contributed by atoms with van der Waals surface area (Å²) in [4.78, 5) is -0.0118. The summed E-state index contributed by atoms with van der Waals surface area (Å²) in [5.41, 5.74) is 0.439. The van der Waals surface area contributed by atoms with Crippen molar-refractivity contribution in [3.63, 3.8) is 0 Å². The topological polar surface area (TPSA) is 37.4 Å². The van der Waals surface area contributed by atoms with Gasteiger partial charge in [0, 0.05) is 29.5 Å². The van der Waals surface area contributed by atoms with Crippen LogP contribution < -0.4 is 0 Å². The van der Waals surface area contributed by atoms with Gasteiger partial charge in [-0.1, -0.05) is 19.9 Å². The Labute approximate surface area is 134 Å². The Balaban J connectivity index is 2.36. The first-order valence-corrected chi connectivity index (χ1v) is 9.71. The normalized spacial score (nSPS) is 20.2. The molecule has 1 aliphatic heterocycles. The molecule has 1 fully saturated rings. The van der Waals surface area contributed by atoms with E-state index in [2.05, 4.69) is 13.8 Å². The van der Waals surface area contributed by atoms with Crippen LogP contribution in [0.1, 0.15) is 25.8 Å². The molecule has 0 aromatic heterocycles. The van der Waals surface area contributed by atoms with Crippen molar-refractivity contribution in [2.24, 2.45) is 0 Å². The van der Waals surface area contributed by atoms with Crippen molar-refractivity contribution in [2.75, 3.05) is 18.8 Å². The number of rotatable bonds is 3. The number of halogens is 2. The zero-order valence-electron chi connectivity index (χ0n) is 12.1. The van der Waals surface area contributed by atoms with E-state index in [1.807, 2.05) is 0 Å². The van der Waals surface area contributed by atoms with Gasteiger partial charge in [-0.3, -0.25) is 0 Å². The van der Waals surface area contributed by atoms with Crippen LogP contribution in [0.3, 0.4) is 0 Å². The molecule has 0 saturated carbocycles.